The third-order valence-electron chi connectivity index (χ3n) is 3.43. The lowest BCUT2D eigenvalue weighted by molar-refractivity contribution is -0.0180. The summed E-state index contributed by atoms with van der Waals surface area (Å²) in [5, 5.41) is 9.55. The zero-order chi connectivity index (χ0) is 13.8. The summed E-state index contributed by atoms with van der Waals surface area (Å²) in [7, 11) is 0. The van der Waals surface area contributed by atoms with E-state index in [1.54, 1.807) is 30.3 Å². The number of halogens is 3. The van der Waals surface area contributed by atoms with E-state index >= 15 is 0 Å². The van der Waals surface area contributed by atoms with Gasteiger partial charge in [0.2, 0.25) is 0 Å². The average molecular weight is 260 g/mol. The quantitative estimate of drug-likeness (QED) is 0.831. The second kappa shape index (κ2) is 6.23. The monoisotopic (exact) mass is 260 g/mol. The van der Waals surface area contributed by atoms with E-state index < -0.39 is 30.5 Å². The number of aliphatic hydroxyl groups excluding tert-OH is 1. The van der Waals surface area contributed by atoms with E-state index in [1.807, 2.05) is 0 Å². The van der Waals surface area contributed by atoms with E-state index in [9.17, 15) is 18.3 Å². The van der Waals surface area contributed by atoms with Crippen LogP contribution in [0.25, 0.3) is 0 Å². The number of aliphatic hydroxyl groups is 1. The standard InChI is InChI=1S/C14H19F3O/c1-10(16)12(18)13(17)14(2,8-9-15)11-6-4-3-5-7-11/h3-7,10,12-13,18H,8-9H2,1-2H3. The van der Waals surface area contributed by atoms with Crippen molar-refractivity contribution in [2.24, 2.45) is 0 Å². The molecule has 1 N–H and O–H groups in total. The van der Waals surface area contributed by atoms with Gasteiger partial charge >= 0.3 is 0 Å². The van der Waals surface area contributed by atoms with Crippen molar-refractivity contribution in [2.75, 3.05) is 6.67 Å². The summed E-state index contributed by atoms with van der Waals surface area (Å²) in [5.74, 6) is 0. The molecular formula is C14H19F3O. The SMILES string of the molecule is CC(F)C(O)C(F)C(C)(CCF)c1ccccc1. The van der Waals surface area contributed by atoms with Crippen LogP contribution in [0.3, 0.4) is 0 Å². The summed E-state index contributed by atoms with van der Waals surface area (Å²) in [6.07, 6.45) is -5.39. The third-order valence-corrected chi connectivity index (χ3v) is 3.43. The molecule has 1 rings (SSSR count). The van der Waals surface area contributed by atoms with Crippen molar-refractivity contribution in [1.29, 1.82) is 0 Å². The molecule has 0 radical (unpaired) electrons. The van der Waals surface area contributed by atoms with Crippen molar-refractivity contribution >= 4 is 0 Å². The summed E-state index contributed by atoms with van der Waals surface area (Å²) in [6.45, 7) is 1.88. The van der Waals surface area contributed by atoms with Gasteiger partial charge in [-0.25, -0.2) is 8.78 Å². The fourth-order valence-electron chi connectivity index (χ4n) is 2.07. The van der Waals surface area contributed by atoms with Gasteiger partial charge < -0.3 is 5.11 Å². The molecule has 1 aromatic carbocycles. The highest BCUT2D eigenvalue weighted by Gasteiger charge is 2.42. The van der Waals surface area contributed by atoms with Gasteiger partial charge in [0.1, 0.15) is 18.4 Å². The molecule has 0 bridgehead atoms. The van der Waals surface area contributed by atoms with Crippen LogP contribution in [-0.4, -0.2) is 30.2 Å². The van der Waals surface area contributed by atoms with Gasteiger partial charge in [0, 0.05) is 5.41 Å². The lowest BCUT2D eigenvalue weighted by atomic mass is 9.73. The molecule has 18 heavy (non-hydrogen) atoms. The first kappa shape index (κ1) is 15.0. The molecule has 0 aliphatic rings. The van der Waals surface area contributed by atoms with Crippen molar-refractivity contribution in [2.45, 2.75) is 44.1 Å². The van der Waals surface area contributed by atoms with Crippen LogP contribution in [0.4, 0.5) is 13.2 Å². The first-order chi connectivity index (χ1) is 8.43. The summed E-state index contributed by atoms with van der Waals surface area (Å²) in [4.78, 5) is 0. The Balaban J connectivity index is 3.07. The first-order valence-electron chi connectivity index (χ1n) is 6.01. The number of hydrogen-bond acceptors (Lipinski definition) is 1. The summed E-state index contributed by atoms with van der Waals surface area (Å²) in [5.41, 5.74) is -0.662. The Hall–Kier alpha value is -1.03. The predicted octanol–water partition coefficient (Wildman–Crippen LogP) is 3.36. The summed E-state index contributed by atoms with van der Waals surface area (Å²) in [6, 6.07) is 8.52. The van der Waals surface area contributed by atoms with Crippen LogP contribution in [0, 0.1) is 0 Å². The zero-order valence-electron chi connectivity index (χ0n) is 10.6. The molecule has 102 valence electrons. The van der Waals surface area contributed by atoms with Crippen molar-refractivity contribution < 1.29 is 18.3 Å². The van der Waals surface area contributed by atoms with Crippen molar-refractivity contribution in [3.63, 3.8) is 0 Å². The van der Waals surface area contributed by atoms with Gasteiger partial charge in [-0.15, -0.1) is 0 Å². The molecule has 1 nitrogen and oxygen atoms in total. The number of hydrogen-bond donors (Lipinski definition) is 1. The van der Waals surface area contributed by atoms with Crippen molar-refractivity contribution in [3.8, 4) is 0 Å². The van der Waals surface area contributed by atoms with Crippen LogP contribution >= 0.6 is 0 Å². The summed E-state index contributed by atoms with van der Waals surface area (Å²) >= 11 is 0. The minimum absolute atomic E-state index is 0.0953. The highest BCUT2D eigenvalue weighted by atomic mass is 19.1. The molecule has 0 amide bonds. The minimum atomic E-state index is -1.85. The van der Waals surface area contributed by atoms with E-state index in [2.05, 4.69) is 0 Å². The van der Waals surface area contributed by atoms with Crippen LogP contribution in [0.15, 0.2) is 30.3 Å². The normalized spacial score (nSPS) is 19.9. The van der Waals surface area contributed by atoms with Crippen molar-refractivity contribution in [1.82, 2.24) is 0 Å². The third kappa shape index (κ3) is 3.05. The Bertz CT molecular complexity index is 355. The van der Waals surface area contributed by atoms with Gasteiger partial charge in [0.05, 0.1) is 6.67 Å². The van der Waals surface area contributed by atoms with Gasteiger partial charge in [-0.1, -0.05) is 37.3 Å². The highest BCUT2D eigenvalue weighted by molar-refractivity contribution is 5.27. The van der Waals surface area contributed by atoms with E-state index in [0.717, 1.165) is 6.92 Å². The van der Waals surface area contributed by atoms with Gasteiger partial charge in [-0.2, -0.15) is 0 Å². The molecule has 1 aromatic rings. The molecular weight excluding hydrogens is 241 g/mol. The van der Waals surface area contributed by atoms with Gasteiger partial charge in [-0.05, 0) is 18.9 Å². The predicted molar refractivity (Wildman–Crippen MR) is 65.9 cm³/mol. The molecule has 0 aromatic heterocycles. The molecule has 0 spiro atoms. The lowest BCUT2D eigenvalue weighted by Crippen LogP contribution is -2.45. The van der Waals surface area contributed by atoms with E-state index in [1.165, 1.54) is 6.92 Å². The van der Waals surface area contributed by atoms with Crippen LogP contribution < -0.4 is 0 Å². The van der Waals surface area contributed by atoms with Crippen molar-refractivity contribution in [3.05, 3.63) is 35.9 Å². The molecule has 4 unspecified atom stereocenters. The zero-order valence-corrected chi connectivity index (χ0v) is 10.6. The second-order valence-corrected chi connectivity index (χ2v) is 4.79. The van der Waals surface area contributed by atoms with Crippen LogP contribution in [0.2, 0.25) is 0 Å². The fourth-order valence-corrected chi connectivity index (χ4v) is 2.07. The molecule has 4 atom stereocenters. The molecule has 0 aliphatic heterocycles. The highest BCUT2D eigenvalue weighted by Crippen LogP contribution is 2.36. The topological polar surface area (TPSA) is 20.2 Å². The summed E-state index contributed by atoms with van der Waals surface area (Å²) < 4.78 is 40.0. The first-order valence-corrected chi connectivity index (χ1v) is 6.01. The Morgan fingerprint density at radius 1 is 1.22 bits per heavy atom. The largest absolute Gasteiger partial charge is 0.387 e. The number of rotatable bonds is 6. The molecule has 0 heterocycles. The minimum Gasteiger partial charge on any atom is -0.387 e. The van der Waals surface area contributed by atoms with E-state index in [4.69, 9.17) is 0 Å². The Morgan fingerprint density at radius 2 is 1.78 bits per heavy atom. The smallest absolute Gasteiger partial charge is 0.138 e. The number of benzene rings is 1. The van der Waals surface area contributed by atoms with Crippen LogP contribution in [-0.2, 0) is 5.41 Å². The fraction of sp³-hybridized carbons (Fsp3) is 0.571. The maximum absolute atomic E-state index is 14.3. The Kier molecular flexibility index (Phi) is 5.20. The van der Waals surface area contributed by atoms with Gasteiger partial charge in [-0.3, -0.25) is 4.39 Å². The Morgan fingerprint density at radius 3 is 2.22 bits per heavy atom. The van der Waals surface area contributed by atoms with E-state index in [0.29, 0.717) is 5.56 Å². The molecule has 0 saturated carbocycles. The maximum atomic E-state index is 14.3. The molecule has 0 fully saturated rings. The van der Waals surface area contributed by atoms with E-state index in [-0.39, 0.29) is 6.42 Å². The Labute approximate surface area is 106 Å². The second-order valence-electron chi connectivity index (χ2n) is 4.79. The van der Waals surface area contributed by atoms with Crippen LogP contribution in [0.5, 0.6) is 0 Å². The molecule has 4 heteroatoms. The number of alkyl halides is 3. The molecule has 0 saturated heterocycles. The molecule has 0 aliphatic carbocycles. The van der Waals surface area contributed by atoms with Gasteiger partial charge in [0.15, 0.2) is 0 Å². The van der Waals surface area contributed by atoms with Crippen LogP contribution in [0.1, 0.15) is 25.8 Å². The maximum Gasteiger partial charge on any atom is 0.138 e. The lowest BCUT2D eigenvalue weighted by Gasteiger charge is -2.35. The average Bonchev–Trinajstić information content (AvgIpc) is 2.38. The van der Waals surface area contributed by atoms with Gasteiger partial charge in [0.25, 0.3) is 0 Å².